The van der Waals surface area contributed by atoms with Gasteiger partial charge in [0.25, 0.3) is 0 Å². The second-order valence-electron chi connectivity index (χ2n) is 5.95. The highest BCUT2D eigenvalue weighted by Gasteiger charge is 2.15. The van der Waals surface area contributed by atoms with Crippen molar-refractivity contribution in [2.75, 3.05) is 18.7 Å². The fraction of sp³-hybridized carbons (Fsp3) is 0.211. The largest absolute Gasteiger partial charge is 0.454 e. The highest BCUT2D eigenvalue weighted by molar-refractivity contribution is 5.93. The normalized spacial score (nSPS) is 12.5. The van der Waals surface area contributed by atoms with Crippen molar-refractivity contribution in [2.24, 2.45) is 5.73 Å². The monoisotopic (exact) mass is 337 g/mol. The van der Waals surface area contributed by atoms with E-state index in [9.17, 15) is 4.79 Å². The quantitative estimate of drug-likeness (QED) is 0.750. The molecule has 1 aliphatic heterocycles. The van der Waals surface area contributed by atoms with Gasteiger partial charge in [-0.2, -0.15) is 0 Å². The number of nitrogens with zero attached hydrogens (tertiary/aromatic N) is 1. The summed E-state index contributed by atoms with van der Waals surface area (Å²) in [4.78, 5) is 12.5. The van der Waals surface area contributed by atoms with E-state index in [1.165, 1.54) is 0 Å². The number of rotatable bonds is 5. The Morgan fingerprint density at radius 1 is 1.16 bits per heavy atom. The van der Waals surface area contributed by atoms with Gasteiger partial charge in [-0.15, -0.1) is 0 Å². The van der Waals surface area contributed by atoms with Gasteiger partial charge in [0, 0.05) is 28.9 Å². The van der Waals surface area contributed by atoms with Crippen LogP contribution >= 0.6 is 0 Å². The summed E-state index contributed by atoms with van der Waals surface area (Å²) in [5, 5.41) is 4.05. The van der Waals surface area contributed by atoms with E-state index < -0.39 is 0 Å². The lowest BCUT2D eigenvalue weighted by atomic mass is 10.1. The first-order valence-electron chi connectivity index (χ1n) is 8.21. The maximum Gasteiger partial charge on any atom is 0.244 e. The third-order valence-electron chi connectivity index (χ3n) is 4.26. The van der Waals surface area contributed by atoms with Crippen molar-refractivity contribution < 1.29 is 14.3 Å². The summed E-state index contributed by atoms with van der Waals surface area (Å²) in [6.45, 7) is 1.03. The average molecular weight is 337 g/mol. The third kappa shape index (κ3) is 3.04. The van der Waals surface area contributed by atoms with Crippen LogP contribution in [-0.4, -0.2) is 23.8 Å². The number of para-hydroxylation sites is 1. The van der Waals surface area contributed by atoms with E-state index in [0.717, 1.165) is 22.9 Å². The SMILES string of the molecule is NCCc1cn(CC(=O)Nc2ccc3c(c2)OCO3)c2ccccc12. The Morgan fingerprint density at radius 3 is 2.88 bits per heavy atom. The lowest BCUT2D eigenvalue weighted by molar-refractivity contribution is -0.116. The number of carbonyl (C=O) groups is 1. The van der Waals surface area contributed by atoms with Gasteiger partial charge in [0.05, 0.1) is 0 Å². The van der Waals surface area contributed by atoms with E-state index in [1.54, 1.807) is 18.2 Å². The second-order valence-corrected chi connectivity index (χ2v) is 5.95. The Hall–Kier alpha value is -2.99. The first-order chi connectivity index (χ1) is 12.2. The number of hydrogen-bond acceptors (Lipinski definition) is 4. The van der Waals surface area contributed by atoms with Crippen LogP contribution in [0.4, 0.5) is 5.69 Å². The zero-order chi connectivity index (χ0) is 17.2. The lowest BCUT2D eigenvalue weighted by Gasteiger charge is -2.08. The molecule has 0 unspecified atom stereocenters. The van der Waals surface area contributed by atoms with Crippen molar-refractivity contribution >= 4 is 22.5 Å². The van der Waals surface area contributed by atoms with E-state index in [2.05, 4.69) is 11.4 Å². The minimum atomic E-state index is -0.0982. The molecule has 6 heteroatoms. The van der Waals surface area contributed by atoms with Crippen LogP contribution in [-0.2, 0) is 17.8 Å². The van der Waals surface area contributed by atoms with E-state index in [1.807, 2.05) is 29.0 Å². The number of carbonyl (C=O) groups excluding carboxylic acids is 1. The number of ether oxygens (including phenoxy) is 2. The summed E-state index contributed by atoms with van der Waals surface area (Å²) in [6, 6.07) is 13.4. The highest BCUT2D eigenvalue weighted by atomic mass is 16.7. The molecule has 3 N–H and O–H groups in total. The molecule has 1 amide bonds. The minimum absolute atomic E-state index is 0.0982. The van der Waals surface area contributed by atoms with Crippen molar-refractivity contribution in [2.45, 2.75) is 13.0 Å². The van der Waals surface area contributed by atoms with Crippen LogP contribution in [0.3, 0.4) is 0 Å². The van der Waals surface area contributed by atoms with Crippen LogP contribution in [0, 0.1) is 0 Å². The molecular formula is C19H19N3O3. The van der Waals surface area contributed by atoms with Gasteiger partial charge in [-0.1, -0.05) is 18.2 Å². The minimum Gasteiger partial charge on any atom is -0.454 e. The molecule has 0 atom stereocenters. The first kappa shape index (κ1) is 15.5. The molecule has 0 bridgehead atoms. The molecule has 2 heterocycles. The molecule has 0 aliphatic carbocycles. The molecule has 0 saturated heterocycles. The van der Waals surface area contributed by atoms with Gasteiger partial charge in [-0.3, -0.25) is 4.79 Å². The predicted octanol–water partition coefficient (Wildman–Crippen LogP) is 2.51. The molecule has 6 nitrogen and oxygen atoms in total. The molecular weight excluding hydrogens is 318 g/mol. The van der Waals surface area contributed by atoms with Crippen LogP contribution in [0.15, 0.2) is 48.7 Å². The van der Waals surface area contributed by atoms with Gasteiger partial charge < -0.3 is 25.1 Å². The standard InChI is InChI=1S/C19H19N3O3/c20-8-7-13-10-22(16-4-2-1-3-15(13)16)11-19(23)21-14-5-6-17-18(9-14)25-12-24-17/h1-6,9-10H,7-8,11-12,20H2,(H,21,23). The number of aromatic nitrogens is 1. The van der Waals surface area contributed by atoms with Crippen LogP contribution in [0.2, 0.25) is 0 Å². The topological polar surface area (TPSA) is 78.5 Å². The molecule has 3 aromatic rings. The number of benzene rings is 2. The maximum absolute atomic E-state index is 12.5. The zero-order valence-corrected chi connectivity index (χ0v) is 13.7. The Bertz CT molecular complexity index is 933. The van der Waals surface area contributed by atoms with Gasteiger partial charge >= 0.3 is 0 Å². The van der Waals surface area contributed by atoms with Crippen LogP contribution in [0.25, 0.3) is 10.9 Å². The van der Waals surface area contributed by atoms with Gasteiger partial charge in [0.2, 0.25) is 12.7 Å². The lowest BCUT2D eigenvalue weighted by Crippen LogP contribution is -2.18. The molecule has 25 heavy (non-hydrogen) atoms. The molecule has 4 rings (SSSR count). The van der Waals surface area contributed by atoms with Crippen LogP contribution < -0.4 is 20.5 Å². The summed E-state index contributed by atoms with van der Waals surface area (Å²) in [6.07, 6.45) is 2.80. The van der Waals surface area contributed by atoms with Crippen molar-refractivity contribution in [3.05, 3.63) is 54.2 Å². The van der Waals surface area contributed by atoms with E-state index in [-0.39, 0.29) is 19.2 Å². The second kappa shape index (κ2) is 6.49. The number of anilines is 1. The summed E-state index contributed by atoms with van der Waals surface area (Å²) >= 11 is 0. The molecule has 1 aromatic heterocycles. The van der Waals surface area contributed by atoms with Gasteiger partial charge in [-0.05, 0) is 36.7 Å². The molecule has 0 saturated carbocycles. The number of amides is 1. The first-order valence-corrected chi connectivity index (χ1v) is 8.21. The van der Waals surface area contributed by atoms with E-state index in [0.29, 0.717) is 23.7 Å². The number of nitrogens with one attached hydrogen (secondary N) is 1. The predicted molar refractivity (Wildman–Crippen MR) is 95.9 cm³/mol. The van der Waals surface area contributed by atoms with Crippen LogP contribution in [0.5, 0.6) is 11.5 Å². The van der Waals surface area contributed by atoms with Crippen molar-refractivity contribution in [1.29, 1.82) is 0 Å². The molecule has 2 aromatic carbocycles. The van der Waals surface area contributed by atoms with Crippen molar-refractivity contribution in [3.8, 4) is 11.5 Å². The van der Waals surface area contributed by atoms with Crippen molar-refractivity contribution in [3.63, 3.8) is 0 Å². The van der Waals surface area contributed by atoms with Gasteiger partial charge in [0.15, 0.2) is 11.5 Å². The smallest absolute Gasteiger partial charge is 0.244 e. The molecule has 0 spiro atoms. The Labute approximate surface area is 145 Å². The summed E-state index contributed by atoms with van der Waals surface area (Å²) in [7, 11) is 0. The van der Waals surface area contributed by atoms with Gasteiger partial charge in [-0.25, -0.2) is 0 Å². The molecule has 1 aliphatic rings. The van der Waals surface area contributed by atoms with Gasteiger partial charge in [0.1, 0.15) is 6.54 Å². The number of hydrogen-bond donors (Lipinski definition) is 2. The molecule has 128 valence electrons. The van der Waals surface area contributed by atoms with Crippen LogP contribution in [0.1, 0.15) is 5.56 Å². The fourth-order valence-electron chi connectivity index (χ4n) is 3.14. The molecule has 0 fully saturated rings. The number of fused-ring (bicyclic) bond motifs is 2. The fourth-order valence-corrected chi connectivity index (χ4v) is 3.14. The highest BCUT2D eigenvalue weighted by Crippen LogP contribution is 2.34. The zero-order valence-electron chi connectivity index (χ0n) is 13.7. The Balaban J connectivity index is 1.54. The van der Waals surface area contributed by atoms with E-state index >= 15 is 0 Å². The summed E-state index contributed by atoms with van der Waals surface area (Å²) < 4.78 is 12.6. The average Bonchev–Trinajstić information content (AvgIpc) is 3.20. The number of nitrogens with two attached hydrogens (primary N) is 1. The third-order valence-corrected chi connectivity index (χ3v) is 4.26. The van der Waals surface area contributed by atoms with Crippen molar-refractivity contribution in [1.82, 2.24) is 4.57 Å². The molecule has 0 radical (unpaired) electrons. The summed E-state index contributed by atoms with van der Waals surface area (Å²) in [5.74, 6) is 1.24. The van der Waals surface area contributed by atoms with E-state index in [4.69, 9.17) is 15.2 Å². The maximum atomic E-state index is 12.5. The Kier molecular flexibility index (Phi) is 4.03. The Morgan fingerprint density at radius 2 is 2.00 bits per heavy atom. The summed E-state index contributed by atoms with van der Waals surface area (Å²) in [5.41, 5.74) is 8.58.